The van der Waals surface area contributed by atoms with E-state index in [-0.39, 0.29) is 31.6 Å². The minimum absolute atomic E-state index is 0.0405. The van der Waals surface area contributed by atoms with Gasteiger partial charge >= 0.3 is 11.9 Å². The van der Waals surface area contributed by atoms with Gasteiger partial charge in [-0.05, 0) is 70.6 Å². The second-order valence-electron chi connectivity index (χ2n) is 17.8. The Kier molecular flexibility index (Phi) is 51.9. The predicted octanol–water partition coefficient (Wildman–Crippen LogP) is 18.5. The van der Waals surface area contributed by atoms with Crippen molar-refractivity contribution >= 4 is 11.9 Å². The number of ether oxygens (including phenoxy) is 3. The predicted molar refractivity (Wildman–Crippen MR) is 279 cm³/mol. The molecule has 0 N–H and O–H groups in total. The fourth-order valence-electron chi connectivity index (χ4n) is 7.45. The SMILES string of the molecule is CC/C=C\C/C=C\C/C=C\C/C=C\C/C=C\CC(=O)OC(COCCCCCCCC/C=C\C/C=C\CCC)COC(=O)CCCCCCCCCCCCCCCCCCCCC. The summed E-state index contributed by atoms with van der Waals surface area (Å²) in [6.07, 6.45) is 72.0. The van der Waals surface area contributed by atoms with E-state index in [4.69, 9.17) is 14.2 Å². The van der Waals surface area contributed by atoms with Gasteiger partial charge in [0.05, 0.1) is 13.0 Å². The van der Waals surface area contributed by atoms with Crippen molar-refractivity contribution in [2.45, 2.75) is 258 Å². The van der Waals surface area contributed by atoms with Gasteiger partial charge in [-0.3, -0.25) is 9.59 Å². The van der Waals surface area contributed by atoms with Crippen LogP contribution in [0.2, 0.25) is 0 Å². The first-order valence-corrected chi connectivity index (χ1v) is 27.1. The van der Waals surface area contributed by atoms with E-state index in [1.165, 1.54) is 148 Å². The number of unbranched alkanes of at least 4 members (excludes halogenated alkanes) is 25. The average molecular weight is 891 g/mol. The Bertz CT molecular complexity index is 1190. The van der Waals surface area contributed by atoms with E-state index in [1.807, 2.05) is 12.2 Å². The monoisotopic (exact) mass is 891 g/mol. The number of hydrogen-bond donors (Lipinski definition) is 0. The minimum atomic E-state index is -0.598. The highest BCUT2D eigenvalue weighted by Gasteiger charge is 2.17. The van der Waals surface area contributed by atoms with Crippen LogP contribution in [-0.4, -0.2) is 37.9 Å². The Morgan fingerprint density at radius 1 is 0.375 bits per heavy atom. The lowest BCUT2D eigenvalue weighted by Gasteiger charge is -2.18. The van der Waals surface area contributed by atoms with Gasteiger partial charge in [-0.15, -0.1) is 0 Å². The number of allylic oxidation sites excluding steroid dienone is 13. The van der Waals surface area contributed by atoms with E-state index in [0.717, 1.165) is 70.6 Å². The molecule has 0 amide bonds. The summed E-state index contributed by atoms with van der Waals surface area (Å²) in [4.78, 5) is 25.4. The molecule has 368 valence electrons. The van der Waals surface area contributed by atoms with Crippen LogP contribution in [0.15, 0.2) is 85.1 Å². The zero-order valence-electron chi connectivity index (χ0n) is 42.3. The first kappa shape index (κ1) is 61.1. The molecule has 64 heavy (non-hydrogen) atoms. The van der Waals surface area contributed by atoms with Crippen LogP contribution in [0, 0.1) is 0 Å². The van der Waals surface area contributed by atoms with Gasteiger partial charge in [0, 0.05) is 13.0 Å². The van der Waals surface area contributed by atoms with E-state index in [2.05, 4.69) is 93.7 Å². The molecular formula is C59H102O5. The van der Waals surface area contributed by atoms with Crippen molar-refractivity contribution in [3.8, 4) is 0 Å². The maximum Gasteiger partial charge on any atom is 0.310 e. The van der Waals surface area contributed by atoms with Crippen LogP contribution in [-0.2, 0) is 23.8 Å². The zero-order chi connectivity index (χ0) is 46.3. The summed E-state index contributed by atoms with van der Waals surface area (Å²) in [7, 11) is 0. The fourth-order valence-corrected chi connectivity index (χ4v) is 7.45. The summed E-state index contributed by atoms with van der Waals surface area (Å²) in [5.74, 6) is -0.544. The Balaban J connectivity index is 4.34. The van der Waals surface area contributed by atoms with Gasteiger partial charge in [-0.2, -0.15) is 0 Å². The van der Waals surface area contributed by atoms with Gasteiger partial charge in [-0.25, -0.2) is 0 Å². The lowest BCUT2D eigenvalue weighted by Crippen LogP contribution is -2.29. The zero-order valence-corrected chi connectivity index (χ0v) is 42.3. The van der Waals surface area contributed by atoms with Gasteiger partial charge in [0.1, 0.15) is 6.61 Å². The second kappa shape index (κ2) is 54.4. The highest BCUT2D eigenvalue weighted by molar-refractivity contribution is 5.71. The third kappa shape index (κ3) is 51.7. The molecule has 0 heterocycles. The van der Waals surface area contributed by atoms with Crippen LogP contribution in [0.4, 0.5) is 0 Å². The van der Waals surface area contributed by atoms with Crippen LogP contribution < -0.4 is 0 Å². The molecular weight excluding hydrogens is 789 g/mol. The Hall–Kier alpha value is -2.92. The third-order valence-electron chi connectivity index (χ3n) is 11.4. The van der Waals surface area contributed by atoms with Crippen LogP contribution in [0.5, 0.6) is 0 Å². The quantitative estimate of drug-likeness (QED) is 0.0346. The standard InChI is InChI=1S/C59H102O5/c1-4-7-10-13-16-19-22-25-28-29-30-31-33-34-37-40-43-46-49-52-58(60)63-56-57(55-62-54-51-48-45-42-39-36-27-24-21-18-15-12-9-6-3)64-59(61)53-50-47-44-41-38-35-32-26-23-20-17-14-11-8-5-2/h8,11-12,15,17,20-21,24,26,32,38,41,47,50,57H,4-7,9-10,13-14,16,18-19,22-23,25,27-31,33-37,39-40,42-46,48-49,51-56H2,1-3H3/b11-8-,15-12-,20-17-,24-21-,32-26-,41-38-,50-47-. The molecule has 0 saturated carbocycles. The van der Waals surface area contributed by atoms with Gasteiger partial charge in [-0.1, -0.05) is 254 Å². The molecule has 0 saturated heterocycles. The van der Waals surface area contributed by atoms with Crippen molar-refractivity contribution < 1.29 is 23.8 Å². The third-order valence-corrected chi connectivity index (χ3v) is 11.4. The summed E-state index contributed by atoms with van der Waals surface area (Å²) in [6, 6.07) is 0. The maximum atomic E-state index is 12.8. The van der Waals surface area contributed by atoms with Gasteiger partial charge < -0.3 is 14.2 Å². The molecule has 0 rings (SSSR count). The number of carbonyl (C=O) groups excluding carboxylic acids is 2. The van der Waals surface area contributed by atoms with Gasteiger partial charge in [0.25, 0.3) is 0 Å². The maximum absolute atomic E-state index is 12.8. The molecule has 0 aromatic carbocycles. The highest BCUT2D eigenvalue weighted by atomic mass is 16.6. The summed E-state index contributed by atoms with van der Waals surface area (Å²) in [6.45, 7) is 7.55. The van der Waals surface area contributed by atoms with Crippen molar-refractivity contribution in [2.24, 2.45) is 0 Å². The van der Waals surface area contributed by atoms with Crippen molar-refractivity contribution in [2.75, 3.05) is 19.8 Å². The number of carbonyl (C=O) groups is 2. The average Bonchev–Trinajstić information content (AvgIpc) is 3.30. The number of hydrogen-bond acceptors (Lipinski definition) is 5. The van der Waals surface area contributed by atoms with Crippen molar-refractivity contribution in [1.29, 1.82) is 0 Å². The van der Waals surface area contributed by atoms with Crippen LogP contribution in [0.3, 0.4) is 0 Å². The van der Waals surface area contributed by atoms with E-state index < -0.39 is 6.10 Å². The lowest BCUT2D eigenvalue weighted by atomic mass is 10.0. The molecule has 5 nitrogen and oxygen atoms in total. The molecule has 1 unspecified atom stereocenters. The molecule has 0 bridgehead atoms. The Labute approximate surface area is 397 Å². The van der Waals surface area contributed by atoms with E-state index >= 15 is 0 Å². The van der Waals surface area contributed by atoms with Crippen molar-refractivity contribution in [3.05, 3.63) is 85.1 Å². The summed E-state index contributed by atoms with van der Waals surface area (Å²) < 4.78 is 17.3. The minimum Gasteiger partial charge on any atom is -0.462 e. The molecule has 0 aromatic heterocycles. The summed E-state index contributed by atoms with van der Waals surface area (Å²) in [5.41, 5.74) is 0. The molecule has 1 atom stereocenters. The smallest absolute Gasteiger partial charge is 0.310 e. The van der Waals surface area contributed by atoms with Gasteiger partial charge in [0.2, 0.25) is 0 Å². The molecule has 0 aliphatic rings. The van der Waals surface area contributed by atoms with E-state index in [1.54, 1.807) is 0 Å². The van der Waals surface area contributed by atoms with Gasteiger partial charge in [0.15, 0.2) is 6.10 Å². The molecule has 5 heteroatoms. The van der Waals surface area contributed by atoms with Crippen molar-refractivity contribution in [1.82, 2.24) is 0 Å². The molecule has 0 radical (unpaired) electrons. The fraction of sp³-hybridized carbons (Fsp3) is 0.729. The highest BCUT2D eigenvalue weighted by Crippen LogP contribution is 2.15. The largest absolute Gasteiger partial charge is 0.462 e. The lowest BCUT2D eigenvalue weighted by molar-refractivity contribution is -0.162. The number of rotatable bonds is 49. The molecule has 0 spiro atoms. The van der Waals surface area contributed by atoms with Crippen LogP contribution >= 0.6 is 0 Å². The second-order valence-corrected chi connectivity index (χ2v) is 17.8. The summed E-state index contributed by atoms with van der Waals surface area (Å²) in [5, 5.41) is 0. The van der Waals surface area contributed by atoms with E-state index in [0.29, 0.717) is 13.0 Å². The summed E-state index contributed by atoms with van der Waals surface area (Å²) >= 11 is 0. The van der Waals surface area contributed by atoms with E-state index in [9.17, 15) is 9.59 Å². The molecule has 0 fully saturated rings. The molecule has 0 aliphatic heterocycles. The Morgan fingerprint density at radius 2 is 0.781 bits per heavy atom. The topological polar surface area (TPSA) is 61.8 Å². The number of esters is 2. The first-order valence-electron chi connectivity index (χ1n) is 27.1. The van der Waals surface area contributed by atoms with Crippen molar-refractivity contribution in [3.63, 3.8) is 0 Å². The molecule has 0 aromatic rings. The van der Waals surface area contributed by atoms with Crippen LogP contribution in [0.25, 0.3) is 0 Å². The van der Waals surface area contributed by atoms with Crippen LogP contribution in [0.1, 0.15) is 252 Å². The first-order chi connectivity index (χ1) is 31.6. The Morgan fingerprint density at radius 3 is 1.27 bits per heavy atom. The molecule has 0 aliphatic carbocycles. The normalized spacial score (nSPS) is 12.9.